The summed E-state index contributed by atoms with van der Waals surface area (Å²) < 4.78 is 15.8. The molecule has 0 radical (unpaired) electrons. The van der Waals surface area contributed by atoms with E-state index in [1.165, 1.54) is 13.2 Å². The Labute approximate surface area is 160 Å². The highest BCUT2D eigenvalue weighted by Gasteiger charge is 2.13. The van der Waals surface area contributed by atoms with E-state index in [0.717, 1.165) is 22.2 Å². The molecule has 0 amide bonds. The van der Waals surface area contributed by atoms with Gasteiger partial charge < -0.3 is 18.9 Å². The predicted octanol–water partition coefficient (Wildman–Crippen LogP) is 4.26. The van der Waals surface area contributed by atoms with Crippen molar-refractivity contribution in [3.8, 4) is 5.75 Å². The Hall–Kier alpha value is -3.54. The van der Waals surface area contributed by atoms with Crippen LogP contribution in [-0.4, -0.2) is 18.1 Å². The number of H-pyrrole nitrogens is 1. The second-order valence-electron chi connectivity index (χ2n) is 6.66. The summed E-state index contributed by atoms with van der Waals surface area (Å²) in [5.41, 5.74) is 4.07. The molecule has 2 aromatic heterocycles. The molecule has 0 atom stereocenters. The van der Waals surface area contributed by atoms with Crippen molar-refractivity contribution in [2.75, 3.05) is 7.11 Å². The van der Waals surface area contributed by atoms with Gasteiger partial charge in [-0.25, -0.2) is 9.59 Å². The fourth-order valence-electron chi connectivity index (χ4n) is 3.27. The van der Waals surface area contributed by atoms with Crippen LogP contribution in [0.1, 0.15) is 27.2 Å². The molecule has 1 N–H and O–H groups in total. The van der Waals surface area contributed by atoms with Crippen LogP contribution in [0.3, 0.4) is 0 Å². The summed E-state index contributed by atoms with van der Waals surface area (Å²) in [6.07, 6.45) is 0. The minimum atomic E-state index is -0.508. The zero-order chi connectivity index (χ0) is 19.8. The maximum atomic E-state index is 12.5. The lowest BCUT2D eigenvalue weighted by Crippen LogP contribution is -2.08. The topological polar surface area (TPSA) is 81.5 Å². The summed E-state index contributed by atoms with van der Waals surface area (Å²) in [6, 6.07) is 11.9. The number of hydrogen-bond acceptors (Lipinski definition) is 5. The maximum Gasteiger partial charge on any atom is 0.338 e. The molecule has 0 fully saturated rings. The van der Waals surface area contributed by atoms with E-state index >= 15 is 0 Å². The Bertz CT molecular complexity index is 1270. The molecule has 6 nitrogen and oxygen atoms in total. The highest BCUT2D eigenvalue weighted by atomic mass is 16.5. The average molecular weight is 377 g/mol. The van der Waals surface area contributed by atoms with Crippen molar-refractivity contribution in [3.63, 3.8) is 0 Å². The fraction of sp³-hybridized carbons (Fsp3) is 0.182. The van der Waals surface area contributed by atoms with Crippen LogP contribution in [-0.2, 0) is 11.3 Å². The highest BCUT2D eigenvalue weighted by molar-refractivity contribution is 5.96. The molecular weight excluding hydrogens is 358 g/mol. The van der Waals surface area contributed by atoms with E-state index in [4.69, 9.17) is 13.9 Å². The van der Waals surface area contributed by atoms with E-state index in [1.807, 2.05) is 26.0 Å². The van der Waals surface area contributed by atoms with Gasteiger partial charge >= 0.3 is 11.6 Å². The molecule has 0 saturated heterocycles. The summed E-state index contributed by atoms with van der Waals surface area (Å²) >= 11 is 0. The molecule has 6 heteroatoms. The molecule has 2 heterocycles. The standard InChI is InChI=1S/C22H19NO5/c1-12-13(2)23-19-7-4-14(8-18(12)19)22(25)27-11-15-9-21(24)28-20-10-16(26-3)5-6-17(15)20/h4-10,23H,11H2,1-3H3. The number of aryl methyl sites for hydroxylation is 2. The van der Waals surface area contributed by atoms with E-state index < -0.39 is 11.6 Å². The van der Waals surface area contributed by atoms with Gasteiger partial charge in [-0.05, 0) is 49.7 Å². The molecule has 0 aliphatic carbocycles. The number of methoxy groups -OCH3 is 1. The van der Waals surface area contributed by atoms with Gasteiger partial charge in [0.05, 0.1) is 12.7 Å². The third-order valence-corrected chi connectivity index (χ3v) is 4.94. The van der Waals surface area contributed by atoms with Gasteiger partial charge in [0.25, 0.3) is 0 Å². The van der Waals surface area contributed by atoms with Gasteiger partial charge in [-0.2, -0.15) is 0 Å². The molecule has 28 heavy (non-hydrogen) atoms. The molecule has 4 aromatic rings. The Balaban J connectivity index is 1.61. The number of rotatable bonds is 4. The number of fused-ring (bicyclic) bond motifs is 2. The minimum absolute atomic E-state index is 0.0313. The lowest BCUT2D eigenvalue weighted by Gasteiger charge is -2.08. The Morgan fingerprint density at radius 2 is 1.89 bits per heavy atom. The first kappa shape index (κ1) is 17.9. The summed E-state index contributed by atoms with van der Waals surface area (Å²) in [6.45, 7) is 3.97. The quantitative estimate of drug-likeness (QED) is 0.425. The van der Waals surface area contributed by atoms with Crippen LogP contribution in [0.5, 0.6) is 5.75 Å². The number of benzene rings is 2. The number of ether oxygens (including phenoxy) is 2. The molecular formula is C22H19NO5. The highest BCUT2D eigenvalue weighted by Crippen LogP contribution is 2.25. The number of carbonyl (C=O) groups is 1. The molecule has 4 rings (SSSR count). The second-order valence-corrected chi connectivity index (χ2v) is 6.66. The average Bonchev–Trinajstić information content (AvgIpc) is 2.98. The van der Waals surface area contributed by atoms with Crippen LogP contribution in [0.2, 0.25) is 0 Å². The molecule has 142 valence electrons. The van der Waals surface area contributed by atoms with Crippen molar-refractivity contribution in [2.45, 2.75) is 20.5 Å². The van der Waals surface area contributed by atoms with Gasteiger partial charge in [0.2, 0.25) is 0 Å². The number of aromatic nitrogens is 1. The first-order valence-corrected chi connectivity index (χ1v) is 8.83. The Morgan fingerprint density at radius 3 is 2.68 bits per heavy atom. The third kappa shape index (κ3) is 3.13. The summed E-state index contributed by atoms with van der Waals surface area (Å²) in [5, 5.41) is 1.69. The first-order chi connectivity index (χ1) is 13.5. The molecule has 2 aromatic carbocycles. The van der Waals surface area contributed by atoms with Gasteiger partial charge in [-0.15, -0.1) is 0 Å². The van der Waals surface area contributed by atoms with Crippen LogP contribution in [0.4, 0.5) is 0 Å². The lowest BCUT2D eigenvalue weighted by molar-refractivity contribution is 0.0474. The maximum absolute atomic E-state index is 12.5. The van der Waals surface area contributed by atoms with Crippen LogP contribution < -0.4 is 10.4 Å². The van der Waals surface area contributed by atoms with E-state index in [-0.39, 0.29) is 6.61 Å². The summed E-state index contributed by atoms with van der Waals surface area (Å²) in [5.74, 6) is 0.130. The predicted molar refractivity (Wildman–Crippen MR) is 106 cm³/mol. The third-order valence-electron chi connectivity index (χ3n) is 4.94. The number of nitrogens with one attached hydrogen (secondary N) is 1. The van der Waals surface area contributed by atoms with Gasteiger partial charge in [0, 0.05) is 39.7 Å². The molecule has 0 spiro atoms. The van der Waals surface area contributed by atoms with E-state index in [2.05, 4.69) is 4.98 Å². The van der Waals surface area contributed by atoms with Crippen molar-refractivity contribution >= 4 is 27.8 Å². The van der Waals surface area contributed by atoms with Gasteiger partial charge in [-0.3, -0.25) is 0 Å². The Morgan fingerprint density at radius 1 is 1.07 bits per heavy atom. The van der Waals surface area contributed by atoms with Crippen molar-refractivity contribution in [1.82, 2.24) is 4.98 Å². The lowest BCUT2D eigenvalue weighted by atomic mass is 10.1. The van der Waals surface area contributed by atoms with E-state index in [9.17, 15) is 9.59 Å². The normalized spacial score (nSPS) is 11.1. The molecule has 0 unspecified atom stereocenters. The van der Waals surface area contributed by atoms with Crippen LogP contribution in [0.15, 0.2) is 51.7 Å². The summed E-state index contributed by atoms with van der Waals surface area (Å²) in [7, 11) is 1.54. The van der Waals surface area contributed by atoms with Gasteiger partial charge in [0.15, 0.2) is 0 Å². The van der Waals surface area contributed by atoms with Crippen LogP contribution in [0, 0.1) is 13.8 Å². The van der Waals surface area contributed by atoms with E-state index in [0.29, 0.717) is 27.8 Å². The number of carbonyl (C=O) groups excluding carboxylic acids is 1. The zero-order valence-corrected chi connectivity index (χ0v) is 15.8. The number of aromatic amines is 1. The van der Waals surface area contributed by atoms with Crippen molar-refractivity contribution in [2.24, 2.45) is 0 Å². The van der Waals surface area contributed by atoms with Crippen molar-refractivity contribution < 1.29 is 18.7 Å². The monoisotopic (exact) mass is 377 g/mol. The second kappa shape index (κ2) is 6.88. The van der Waals surface area contributed by atoms with Gasteiger partial charge in [-0.1, -0.05) is 0 Å². The first-order valence-electron chi connectivity index (χ1n) is 8.83. The van der Waals surface area contributed by atoms with Crippen LogP contribution >= 0.6 is 0 Å². The smallest absolute Gasteiger partial charge is 0.338 e. The molecule has 0 aliphatic rings. The van der Waals surface area contributed by atoms with E-state index in [1.54, 1.807) is 24.3 Å². The Kier molecular flexibility index (Phi) is 4.39. The largest absolute Gasteiger partial charge is 0.497 e. The van der Waals surface area contributed by atoms with Gasteiger partial charge in [0.1, 0.15) is 17.9 Å². The fourth-order valence-corrected chi connectivity index (χ4v) is 3.27. The molecule has 0 saturated carbocycles. The molecule has 0 aliphatic heterocycles. The van der Waals surface area contributed by atoms with Crippen LogP contribution in [0.25, 0.3) is 21.9 Å². The molecule has 0 bridgehead atoms. The number of hydrogen-bond donors (Lipinski definition) is 1. The van der Waals surface area contributed by atoms with Crippen molar-refractivity contribution in [1.29, 1.82) is 0 Å². The minimum Gasteiger partial charge on any atom is -0.497 e. The zero-order valence-electron chi connectivity index (χ0n) is 15.8. The summed E-state index contributed by atoms with van der Waals surface area (Å²) in [4.78, 5) is 27.7. The van der Waals surface area contributed by atoms with Crippen molar-refractivity contribution in [3.05, 3.63) is 75.3 Å². The SMILES string of the molecule is COc1ccc2c(COC(=O)c3ccc4[nH]c(C)c(C)c4c3)cc(=O)oc2c1. The number of esters is 1.